The Morgan fingerprint density at radius 3 is 2.57 bits per heavy atom. The number of methoxy groups -OCH3 is 1. The Kier molecular flexibility index (Phi) is 10.8. The average molecular weight is 602 g/mol. The lowest BCUT2D eigenvalue weighted by molar-refractivity contribution is -0.111. The molecule has 1 saturated heterocycles. The fraction of sp³-hybridized carbons (Fsp3) is 0.581. The number of nitrogens with two attached hydrogens (primary N) is 1. The van der Waals surface area contributed by atoms with Gasteiger partial charge >= 0.3 is 0 Å². The van der Waals surface area contributed by atoms with Crippen molar-refractivity contribution in [2.75, 3.05) is 58.5 Å². The lowest BCUT2D eigenvalue weighted by atomic mass is 9.68. The molecule has 1 aromatic carbocycles. The smallest absolute Gasteiger partial charge is 0.163 e. The number of carbonyl (C=O) groups is 1. The first-order valence-corrected chi connectivity index (χ1v) is 14.9. The number of nitrogens with zero attached hydrogens (tertiary/aromatic N) is 3. The number of anilines is 1. The molecule has 42 heavy (non-hydrogen) atoms. The molecule has 0 bridgehead atoms. The fourth-order valence-electron chi connectivity index (χ4n) is 5.96. The standard InChI is InChI=1S/C31H44ClN5O5/c1-19-28(27(20(2)33)21(3)38)35-29(25-14-24(6-7-26(25)32)42-16-22(39)15-34-4)36-30(19)37-17-31(18-37)10-8-23(9-11-31)41-13-12-40-5/h6-7,14,22-23,34,39H,8-13,15-18,33H2,1-5H3/t22-/m1/s1. The van der Waals surface area contributed by atoms with Crippen LogP contribution in [-0.2, 0) is 14.3 Å². The maximum absolute atomic E-state index is 12.7. The van der Waals surface area contributed by atoms with Crippen molar-refractivity contribution in [3.63, 3.8) is 0 Å². The molecule has 4 N–H and O–H groups in total. The van der Waals surface area contributed by atoms with E-state index in [4.69, 9.17) is 41.5 Å². The van der Waals surface area contributed by atoms with E-state index in [2.05, 4.69) is 10.2 Å². The first-order chi connectivity index (χ1) is 20.1. The monoisotopic (exact) mass is 601 g/mol. The van der Waals surface area contributed by atoms with Gasteiger partial charge in [0, 0.05) is 49.0 Å². The summed E-state index contributed by atoms with van der Waals surface area (Å²) in [4.78, 5) is 24.8. The van der Waals surface area contributed by atoms with Gasteiger partial charge in [-0.15, -0.1) is 0 Å². The number of nitrogens with one attached hydrogen (secondary N) is 1. The van der Waals surface area contributed by atoms with Gasteiger partial charge in [0.1, 0.15) is 24.3 Å². The summed E-state index contributed by atoms with van der Waals surface area (Å²) < 4.78 is 16.9. The maximum Gasteiger partial charge on any atom is 0.163 e. The number of rotatable bonds is 13. The number of ether oxygens (including phenoxy) is 3. The van der Waals surface area contributed by atoms with Gasteiger partial charge in [-0.25, -0.2) is 9.97 Å². The Labute approximate surface area is 253 Å². The highest BCUT2D eigenvalue weighted by atomic mass is 35.5. The molecule has 1 spiro atoms. The van der Waals surface area contributed by atoms with E-state index in [0.717, 1.165) is 50.2 Å². The second-order valence-corrected chi connectivity index (χ2v) is 11.9. The van der Waals surface area contributed by atoms with Crippen LogP contribution in [0.4, 0.5) is 5.82 Å². The molecule has 2 aromatic rings. The SMILES string of the molecule is CNC[C@@H](O)COc1ccc(Cl)c(-c2nc(C(C(C)=O)=C(C)N)c(C)c(N3CC4(CCC(OCCOC)CC4)C3)n2)c1. The summed E-state index contributed by atoms with van der Waals surface area (Å²) in [6.45, 7) is 8.66. The highest BCUT2D eigenvalue weighted by Gasteiger charge is 2.46. The molecule has 2 heterocycles. The molecule has 1 atom stereocenters. The Morgan fingerprint density at radius 1 is 1.24 bits per heavy atom. The number of hydrogen-bond acceptors (Lipinski definition) is 10. The Bertz CT molecular complexity index is 1280. The van der Waals surface area contributed by atoms with E-state index in [1.807, 2.05) is 6.92 Å². The summed E-state index contributed by atoms with van der Waals surface area (Å²) >= 11 is 6.66. The third-order valence-corrected chi connectivity index (χ3v) is 8.48. The second-order valence-electron chi connectivity index (χ2n) is 11.5. The van der Waals surface area contributed by atoms with Crippen molar-refractivity contribution < 1.29 is 24.1 Å². The molecule has 1 saturated carbocycles. The van der Waals surface area contributed by atoms with Crippen LogP contribution in [0.25, 0.3) is 17.0 Å². The Balaban J connectivity index is 1.64. The number of halogens is 1. The van der Waals surface area contributed by atoms with Crippen LogP contribution in [0.2, 0.25) is 5.02 Å². The van der Waals surface area contributed by atoms with Gasteiger partial charge in [0.05, 0.1) is 35.6 Å². The molecule has 1 aromatic heterocycles. The molecule has 1 aliphatic carbocycles. The number of ketones is 1. The highest BCUT2D eigenvalue weighted by Crippen LogP contribution is 2.47. The molecule has 0 unspecified atom stereocenters. The molecule has 11 heteroatoms. The van der Waals surface area contributed by atoms with E-state index in [1.165, 1.54) is 6.92 Å². The molecule has 0 amide bonds. The van der Waals surface area contributed by atoms with Crippen molar-refractivity contribution in [3.05, 3.63) is 40.2 Å². The minimum Gasteiger partial charge on any atom is -0.491 e. The number of hydrogen-bond donors (Lipinski definition) is 3. The van der Waals surface area contributed by atoms with Gasteiger partial charge in [-0.1, -0.05) is 11.6 Å². The van der Waals surface area contributed by atoms with Crippen LogP contribution in [-0.4, -0.2) is 86.7 Å². The van der Waals surface area contributed by atoms with Crippen molar-refractivity contribution in [2.45, 2.75) is 58.7 Å². The quantitative estimate of drug-likeness (QED) is 0.230. The zero-order valence-corrected chi connectivity index (χ0v) is 26.1. The fourth-order valence-corrected chi connectivity index (χ4v) is 6.16. The average Bonchev–Trinajstić information content (AvgIpc) is 2.93. The van der Waals surface area contributed by atoms with Gasteiger partial charge in [0.15, 0.2) is 11.6 Å². The number of benzene rings is 1. The van der Waals surface area contributed by atoms with Crippen LogP contribution < -0.4 is 20.7 Å². The highest BCUT2D eigenvalue weighted by molar-refractivity contribution is 6.33. The van der Waals surface area contributed by atoms with Gasteiger partial charge in [-0.2, -0.15) is 0 Å². The summed E-state index contributed by atoms with van der Waals surface area (Å²) in [5, 5.41) is 13.4. The molecular formula is C31H44ClN5O5. The number of aliphatic hydroxyl groups excluding tert-OH is 1. The van der Waals surface area contributed by atoms with Crippen molar-refractivity contribution in [3.8, 4) is 17.1 Å². The summed E-state index contributed by atoms with van der Waals surface area (Å²) in [6, 6.07) is 5.23. The third kappa shape index (κ3) is 7.41. The molecular weight excluding hydrogens is 558 g/mol. The lowest BCUT2D eigenvalue weighted by Crippen LogP contribution is -2.58. The normalized spacial score (nSPS) is 18.0. The van der Waals surface area contributed by atoms with Gasteiger partial charge in [-0.3, -0.25) is 4.79 Å². The Hall–Kier alpha value is -2.76. The van der Waals surface area contributed by atoms with E-state index in [-0.39, 0.29) is 23.9 Å². The zero-order valence-electron chi connectivity index (χ0n) is 25.3. The predicted molar refractivity (Wildman–Crippen MR) is 165 cm³/mol. The zero-order chi connectivity index (χ0) is 30.4. The number of likely N-dealkylation sites (N-methyl/N-ethyl adjacent to an activating group) is 1. The number of Topliss-reactive ketones (excluding diaryl/α,β-unsaturated/α-hetero) is 1. The van der Waals surface area contributed by atoms with Gasteiger partial charge < -0.3 is 35.3 Å². The topological polar surface area (TPSA) is 132 Å². The summed E-state index contributed by atoms with van der Waals surface area (Å²) in [5.41, 5.74) is 9.08. The predicted octanol–water partition coefficient (Wildman–Crippen LogP) is 3.76. The third-order valence-electron chi connectivity index (χ3n) is 8.15. The van der Waals surface area contributed by atoms with Gasteiger partial charge in [0.2, 0.25) is 0 Å². The summed E-state index contributed by atoms with van der Waals surface area (Å²) in [6.07, 6.45) is 3.87. The van der Waals surface area contributed by atoms with Crippen molar-refractivity contribution in [1.29, 1.82) is 0 Å². The number of aromatic nitrogens is 2. The van der Waals surface area contributed by atoms with E-state index >= 15 is 0 Å². The van der Waals surface area contributed by atoms with Crippen LogP contribution in [0.3, 0.4) is 0 Å². The largest absolute Gasteiger partial charge is 0.491 e. The number of carbonyl (C=O) groups excluding carboxylic acids is 1. The van der Waals surface area contributed by atoms with Crippen molar-refractivity contribution in [1.82, 2.24) is 15.3 Å². The van der Waals surface area contributed by atoms with E-state index in [0.29, 0.717) is 58.9 Å². The molecule has 0 radical (unpaired) electrons. The summed E-state index contributed by atoms with van der Waals surface area (Å²) in [7, 11) is 3.46. The molecule has 2 fully saturated rings. The van der Waals surface area contributed by atoms with Gasteiger partial charge in [0.25, 0.3) is 0 Å². The van der Waals surface area contributed by atoms with Crippen molar-refractivity contribution >= 4 is 28.8 Å². The molecule has 1 aliphatic heterocycles. The van der Waals surface area contributed by atoms with E-state index in [9.17, 15) is 9.90 Å². The first kappa shape index (κ1) is 32.2. The second kappa shape index (κ2) is 14.1. The molecule has 2 aliphatic rings. The van der Waals surface area contributed by atoms with Crippen LogP contribution >= 0.6 is 11.6 Å². The van der Waals surface area contributed by atoms with Crippen LogP contribution in [0, 0.1) is 12.3 Å². The van der Waals surface area contributed by atoms with Gasteiger partial charge in [-0.05, 0) is 71.7 Å². The lowest BCUT2D eigenvalue weighted by Gasteiger charge is -2.54. The maximum atomic E-state index is 12.7. The molecule has 10 nitrogen and oxygen atoms in total. The van der Waals surface area contributed by atoms with Crippen LogP contribution in [0.1, 0.15) is 50.8 Å². The first-order valence-electron chi connectivity index (χ1n) is 14.5. The van der Waals surface area contributed by atoms with Crippen LogP contribution in [0.5, 0.6) is 5.75 Å². The minimum atomic E-state index is -0.663. The van der Waals surface area contributed by atoms with Crippen molar-refractivity contribution in [2.24, 2.45) is 11.1 Å². The number of allylic oxidation sites excluding steroid dienone is 2. The van der Waals surface area contributed by atoms with E-state index < -0.39 is 6.10 Å². The minimum absolute atomic E-state index is 0.116. The Morgan fingerprint density at radius 2 is 1.95 bits per heavy atom. The van der Waals surface area contributed by atoms with Crippen LogP contribution in [0.15, 0.2) is 23.9 Å². The molecule has 230 valence electrons. The van der Waals surface area contributed by atoms with E-state index in [1.54, 1.807) is 39.3 Å². The number of aliphatic hydroxyl groups is 1. The molecule has 4 rings (SSSR count). The summed E-state index contributed by atoms with van der Waals surface area (Å²) in [5.74, 6) is 1.52.